The van der Waals surface area contributed by atoms with E-state index < -0.39 is 11.7 Å². The van der Waals surface area contributed by atoms with Crippen molar-refractivity contribution in [2.24, 2.45) is 4.99 Å². The first kappa shape index (κ1) is 22.7. The van der Waals surface area contributed by atoms with Gasteiger partial charge in [-0.1, -0.05) is 23.7 Å². The highest BCUT2D eigenvalue weighted by Crippen LogP contribution is 2.37. The van der Waals surface area contributed by atoms with Crippen LogP contribution in [0.1, 0.15) is 17.0 Å². The highest BCUT2D eigenvalue weighted by Gasteiger charge is 2.33. The van der Waals surface area contributed by atoms with E-state index in [1.807, 2.05) is 6.20 Å². The van der Waals surface area contributed by atoms with Gasteiger partial charge in [0.2, 0.25) is 5.88 Å². The maximum absolute atomic E-state index is 13.0. The molecule has 0 saturated carbocycles. The van der Waals surface area contributed by atoms with Crippen LogP contribution in [-0.2, 0) is 12.8 Å². The quantitative estimate of drug-likeness (QED) is 0.394. The van der Waals surface area contributed by atoms with Crippen LogP contribution in [0.4, 0.5) is 13.2 Å². The van der Waals surface area contributed by atoms with Gasteiger partial charge in [-0.25, -0.2) is 0 Å². The maximum atomic E-state index is 13.0. The Morgan fingerprint density at radius 1 is 1.03 bits per heavy atom. The van der Waals surface area contributed by atoms with Crippen LogP contribution >= 0.6 is 11.6 Å². The third kappa shape index (κ3) is 5.04. The van der Waals surface area contributed by atoms with Gasteiger partial charge in [-0.15, -0.1) is 10.2 Å². The molecule has 0 atom stereocenters. The molecule has 0 saturated heterocycles. The highest BCUT2D eigenvalue weighted by atomic mass is 35.5. The molecule has 3 heterocycles. The molecule has 35 heavy (non-hydrogen) atoms. The summed E-state index contributed by atoms with van der Waals surface area (Å²) in [5.74, 6) is 1.75. The number of halogens is 4. The van der Waals surface area contributed by atoms with Crippen molar-refractivity contribution < 1.29 is 22.6 Å². The first-order valence-corrected chi connectivity index (χ1v) is 10.7. The largest absolute Gasteiger partial charge is 0.473 e. The monoisotopic (exact) mass is 500 g/mol. The van der Waals surface area contributed by atoms with Gasteiger partial charge in [-0.3, -0.25) is 9.39 Å². The smallest absolute Gasteiger partial charge is 0.417 e. The first-order valence-electron chi connectivity index (χ1n) is 10.3. The van der Waals surface area contributed by atoms with Crippen LogP contribution in [0.5, 0.6) is 17.4 Å². The number of hydrogen-bond acceptors (Lipinski definition) is 7. The lowest BCUT2D eigenvalue weighted by molar-refractivity contribution is -0.137. The summed E-state index contributed by atoms with van der Waals surface area (Å²) in [5, 5.41) is 10.9. The summed E-state index contributed by atoms with van der Waals surface area (Å²) in [6.07, 6.45) is 0.714. The van der Waals surface area contributed by atoms with Gasteiger partial charge in [0.15, 0.2) is 5.82 Å². The summed E-state index contributed by atoms with van der Waals surface area (Å²) < 4.78 is 52.1. The molecule has 12 heteroatoms. The van der Waals surface area contributed by atoms with Crippen LogP contribution in [0.2, 0.25) is 5.02 Å². The number of ether oxygens (including phenoxy) is 2. The lowest BCUT2D eigenvalue weighted by Crippen LogP contribution is -2.12. The van der Waals surface area contributed by atoms with Crippen molar-refractivity contribution in [1.29, 1.82) is 0 Å². The van der Waals surface area contributed by atoms with Gasteiger partial charge in [0.05, 0.1) is 16.2 Å². The van der Waals surface area contributed by atoms with Crippen LogP contribution in [-0.4, -0.2) is 32.5 Å². The number of hydrogen-bond donors (Lipinski definition) is 1. The van der Waals surface area contributed by atoms with Gasteiger partial charge in [-0.05, 0) is 35.9 Å². The standard InChI is InChI=1S/C23H16ClF3N6O2/c24-19-6-5-17(9-18(19)23(25,26)27)35-16-3-1-14(2-4-16)12-34-20-7-8-33-21(31-32-22(33)30-20)15-10-28-13-29-11-15/h1-11,28H,12-13H2. The fourth-order valence-electron chi connectivity index (χ4n) is 3.29. The van der Waals surface area contributed by atoms with Crippen LogP contribution in [0.25, 0.3) is 11.4 Å². The van der Waals surface area contributed by atoms with Gasteiger partial charge in [0.1, 0.15) is 24.8 Å². The molecule has 0 radical (unpaired) electrons. The maximum Gasteiger partial charge on any atom is 0.417 e. The third-order valence-electron chi connectivity index (χ3n) is 4.97. The lowest BCUT2D eigenvalue weighted by atomic mass is 10.2. The van der Waals surface area contributed by atoms with Crippen molar-refractivity contribution in [3.63, 3.8) is 0 Å². The molecule has 5 rings (SSSR count). The first-order chi connectivity index (χ1) is 16.9. The van der Waals surface area contributed by atoms with Gasteiger partial charge in [0, 0.05) is 24.7 Å². The summed E-state index contributed by atoms with van der Waals surface area (Å²) in [4.78, 5) is 8.52. The Hall–Kier alpha value is -4.12. The Morgan fingerprint density at radius 2 is 1.83 bits per heavy atom. The molecular weight excluding hydrogens is 485 g/mol. The molecule has 1 N–H and O–H groups in total. The van der Waals surface area contributed by atoms with Crippen molar-refractivity contribution in [1.82, 2.24) is 24.9 Å². The molecule has 1 aliphatic rings. The van der Waals surface area contributed by atoms with Crippen molar-refractivity contribution in [2.45, 2.75) is 12.8 Å². The van der Waals surface area contributed by atoms with Gasteiger partial charge < -0.3 is 14.8 Å². The lowest BCUT2D eigenvalue weighted by Gasteiger charge is -2.12. The van der Waals surface area contributed by atoms with Crippen molar-refractivity contribution in [2.75, 3.05) is 6.67 Å². The van der Waals surface area contributed by atoms with Crippen molar-refractivity contribution in [3.8, 4) is 17.4 Å². The highest BCUT2D eigenvalue weighted by molar-refractivity contribution is 6.31. The predicted molar refractivity (Wildman–Crippen MR) is 123 cm³/mol. The molecule has 8 nitrogen and oxygen atoms in total. The average Bonchev–Trinajstić information content (AvgIpc) is 3.28. The molecule has 2 aromatic heterocycles. The number of fused-ring (bicyclic) bond motifs is 1. The number of aliphatic imine (C=N–C) groups is 1. The number of allylic oxidation sites excluding steroid dienone is 1. The minimum absolute atomic E-state index is 0.0296. The number of benzene rings is 2. The molecule has 0 aliphatic carbocycles. The van der Waals surface area contributed by atoms with E-state index in [0.29, 0.717) is 29.9 Å². The molecule has 0 bridgehead atoms. The summed E-state index contributed by atoms with van der Waals surface area (Å²) >= 11 is 5.65. The molecule has 2 aromatic carbocycles. The van der Waals surface area contributed by atoms with Gasteiger partial charge in [-0.2, -0.15) is 18.2 Å². The van der Waals surface area contributed by atoms with E-state index in [1.54, 1.807) is 47.1 Å². The number of aromatic nitrogens is 4. The van der Waals surface area contributed by atoms with Gasteiger partial charge >= 0.3 is 6.18 Å². The molecule has 0 unspecified atom stereocenters. The fraction of sp³-hybridized carbons (Fsp3) is 0.130. The third-order valence-corrected chi connectivity index (χ3v) is 5.30. The van der Waals surface area contributed by atoms with E-state index in [9.17, 15) is 13.2 Å². The number of rotatable bonds is 6. The Labute approximate surface area is 201 Å². The number of alkyl halides is 3. The Kier molecular flexibility index (Phi) is 6.00. The second kappa shape index (κ2) is 9.26. The summed E-state index contributed by atoms with van der Waals surface area (Å²) in [6.45, 7) is 0.731. The normalized spacial score (nSPS) is 13.4. The Morgan fingerprint density at radius 3 is 2.57 bits per heavy atom. The zero-order valence-electron chi connectivity index (χ0n) is 17.8. The molecule has 0 spiro atoms. The van der Waals surface area contributed by atoms with Gasteiger partial charge in [0.25, 0.3) is 5.78 Å². The summed E-state index contributed by atoms with van der Waals surface area (Å²) in [7, 11) is 0. The molecular formula is C23H16ClF3N6O2. The molecule has 178 valence electrons. The van der Waals surface area contributed by atoms with E-state index in [0.717, 1.165) is 23.3 Å². The summed E-state index contributed by atoms with van der Waals surface area (Å²) in [6, 6.07) is 11.8. The number of nitrogens with one attached hydrogen (secondary N) is 1. The van der Waals surface area contributed by atoms with E-state index in [2.05, 4.69) is 25.5 Å². The second-order valence-electron chi connectivity index (χ2n) is 7.41. The van der Waals surface area contributed by atoms with E-state index in [-0.39, 0.29) is 17.4 Å². The SMILES string of the molecule is FC(F)(F)c1cc(Oc2ccc(COc3ccn4c(C5=CNCN=C5)nnc4n3)cc2)ccc1Cl. The molecule has 4 aromatic rings. The summed E-state index contributed by atoms with van der Waals surface area (Å²) in [5.41, 5.74) is 0.642. The fourth-order valence-corrected chi connectivity index (χ4v) is 3.52. The van der Waals surface area contributed by atoms with Crippen LogP contribution in [0.15, 0.2) is 65.9 Å². The van der Waals surface area contributed by atoms with Crippen LogP contribution in [0, 0.1) is 0 Å². The van der Waals surface area contributed by atoms with Crippen LogP contribution in [0.3, 0.4) is 0 Å². The molecule has 0 fully saturated rings. The molecule has 0 amide bonds. The van der Waals surface area contributed by atoms with E-state index in [1.165, 1.54) is 6.07 Å². The Bertz CT molecular complexity index is 1430. The molecule has 1 aliphatic heterocycles. The minimum Gasteiger partial charge on any atom is -0.473 e. The number of nitrogens with zero attached hydrogens (tertiary/aromatic N) is 5. The van der Waals surface area contributed by atoms with Crippen molar-refractivity contribution in [3.05, 3.63) is 82.9 Å². The average molecular weight is 501 g/mol. The zero-order valence-corrected chi connectivity index (χ0v) is 18.6. The van der Waals surface area contributed by atoms with E-state index >= 15 is 0 Å². The second-order valence-corrected chi connectivity index (χ2v) is 7.81. The van der Waals surface area contributed by atoms with Crippen LogP contribution < -0.4 is 14.8 Å². The Balaban J connectivity index is 1.23. The predicted octanol–water partition coefficient (Wildman–Crippen LogP) is 5.14. The topological polar surface area (TPSA) is 85.9 Å². The zero-order chi connectivity index (χ0) is 24.4. The minimum atomic E-state index is -4.57. The van der Waals surface area contributed by atoms with Crippen molar-refractivity contribution >= 4 is 29.2 Å². The van der Waals surface area contributed by atoms with E-state index in [4.69, 9.17) is 21.1 Å².